The summed E-state index contributed by atoms with van der Waals surface area (Å²) in [6, 6.07) is 12.9. The Morgan fingerprint density at radius 2 is 1.58 bits per heavy atom. The quantitative estimate of drug-likeness (QED) is 0.329. The Bertz CT molecular complexity index is 1370. The highest BCUT2D eigenvalue weighted by Crippen LogP contribution is 2.31. The van der Waals surface area contributed by atoms with Gasteiger partial charge < -0.3 is 4.90 Å². The molecule has 0 radical (unpaired) electrons. The lowest BCUT2D eigenvalue weighted by atomic mass is 10.00. The van der Waals surface area contributed by atoms with Crippen LogP contribution in [0.15, 0.2) is 54.9 Å². The zero-order valence-electron chi connectivity index (χ0n) is 20.5. The van der Waals surface area contributed by atoms with E-state index in [9.17, 15) is 8.78 Å². The van der Waals surface area contributed by atoms with Gasteiger partial charge in [0.15, 0.2) is 11.6 Å². The molecule has 7 heteroatoms. The molecule has 5 nitrogen and oxygen atoms in total. The summed E-state index contributed by atoms with van der Waals surface area (Å²) in [5.74, 6) is -0.627. The van der Waals surface area contributed by atoms with E-state index in [1.54, 1.807) is 12.3 Å². The van der Waals surface area contributed by atoms with Gasteiger partial charge in [0.1, 0.15) is 5.82 Å². The summed E-state index contributed by atoms with van der Waals surface area (Å²) in [4.78, 5) is 9.22. The SMILES string of the molecule is Fc1cc(CN2CCCCC2)cc(-c2ccc3c(cnn3-c3ccnc(N4CCCCC4)c3)c2)c1F. The molecule has 2 aromatic heterocycles. The predicted octanol–water partition coefficient (Wildman–Crippen LogP) is 6.34. The van der Waals surface area contributed by atoms with E-state index in [0.29, 0.717) is 17.7 Å². The van der Waals surface area contributed by atoms with Crippen molar-refractivity contribution in [2.24, 2.45) is 0 Å². The molecule has 4 aromatic rings. The van der Waals surface area contributed by atoms with Crippen molar-refractivity contribution in [3.63, 3.8) is 0 Å². The third-order valence-corrected chi connectivity index (χ3v) is 7.48. The molecular formula is C29H31F2N5. The average molecular weight is 488 g/mol. The Balaban J connectivity index is 1.31. The van der Waals surface area contributed by atoms with Crippen LogP contribution in [0, 0.1) is 11.6 Å². The fourth-order valence-electron chi connectivity index (χ4n) is 5.56. The summed E-state index contributed by atoms with van der Waals surface area (Å²) in [6.07, 6.45) is 10.8. The first-order valence-electron chi connectivity index (χ1n) is 13.1. The molecule has 0 amide bonds. The Morgan fingerprint density at radius 3 is 2.39 bits per heavy atom. The summed E-state index contributed by atoms with van der Waals surface area (Å²) in [7, 11) is 0. The second kappa shape index (κ2) is 9.97. The first-order valence-corrected chi connectivity index (χ1v) is 13.1. The minimum absolute atomic E-state index is 0.299. The predicted molar refractivity (Wildman–Crippen MR) is 139 cm³/mol. The van der Waals surface area contributed by atoms with Gasteiger partial charge in [-0.15, -0.1) is 0 Å². The first kappa shape index (κ1) is 23.1. The Hall–Kier alpha value is -3.32. The van der Waals surface area contributed by atoms with E-state index in [0.717, 1.165) is 67.0 Å². The van der Waals surface area contributed by atoms with Gasteiger partial charge in [0.05, 0.1) is 17.4 Å². The van der Waals surface area contributed by atoms with Crippen molar-refractivity contribution in [3.8, 4) is 16.8 Å². The Kier molecular flexibility index (Phi) is 6.40. The van der Waals surface area contributed by atoms with Crippen molar-refractivity contribution in [1.29, 1.82) is 0 Å². The van der Waals surface area contributed by atoms with Crippen LogP contribution in [-0.4, -0.2) is 45.8 Å². The van der Waals surface area contributed by atoms with E-state index in [1.165, 1.54) is 31.7 Å². The molecule has 2 fully saturated rings. The molecule has 0 saturated carbocycles. The third kappa shape index (κ3) is 4.60. The van der Waals surface area contributed by atoms with Crippen molar-refractivity contribution in [1.82, 2.24) is 19.7 Å². The maximum absolute atomic E-state index is 14.9. The minimum atomic E-state index is -0.801. The van der Waals surface area contributed by atoms with Crippen LogP contribution in [0.25, 0.3) is 27.7 Å². The van der Waals surface area contributed by atoms with Crippen molar-refractivity contribution < 1.29 is 8.78 Å². The molecule has 186 valence electrons. The fraction of sp³-hybridized carbons (Fsp3) is 0.379. The lowest BCUT2D eigenvalue weighted by molar-refractivity contribution is 0.220. The molecule has 0 N–H and O–H groups in total. The number of rotatable bonds is 5. The summed E-state index contributed by atoms with van der Waals surface area (Å²) in [5.41, 5.74) is 3.62. The largest absolute Gasteiger partial charge is 0.357 e. The van der Waals surface area contributed by atoms with E-state index in [2.05, 4.69) is 25.9 Å². The maximum atomic E-state index is 14.9. The normalized spacial score (nSPS) is 17.1. The van der Waals surface area contributed by atoms with Gasteiger partial charge in [-0.1, -0.05) is 12.5 Å². The highest BCUT2D eigenvalue weighted by Gasteiger charge is 2.18. The number of aromatic nitrogens is 3. The van der Waals surface area contributed by atoms with Crippen molar-refractivity contribution in [3.05, 3.63) is 72.1 Å². The number of nitrogens with zero attached hydrogens (tertiary/aromatic N) is 5. The zero-order chi connectivity index (χ0) is 24.5. The van der Waals surface area contributed by atoms with Crippen LogP contribution < -0.4 is 4.90 Å². The summed E-state index contributed by atoms with van der Waals surface area (Å²) < 4.78 is 31.4. The van der Waals surface area contributed by atoms with Crippen LogP contribution in [0.3, 0.4) is 0 Å². The van der Waals surface area contributed by atoms with Crippen LogP contribution in [-0.2, 0) is 6.54 Å². The number of pyridine rings is 1. The topological polar surface area (TPSA) is 37.2 Å². The second-order valence-electron chi connectivity index (χ2n) is 10.0. The van der Waals surface area contributed by atoms with Crippen LogP contribution in [0.2, 0.25) is 0 Å². The molecule has 6 rings (SSSR count). The highest BCUT2D eigenvalue weighted by molar-refractivity contribution is 5.86. The van der Waals surface area contributed by atoms with Gasteiger partial charge in [0.2, 0.25) is 0 Å². The van der Waals surface area contributed by atoms with E-state index in [4.69, 9.17) is 0 Å². The minimum Gasteiger partial charge on any atom is -0.357 e. The first-order chi connectivity index (χ1) is 17.7. The highest BCUT2D eigenvalue weighted by atomic mass is 19.2. The Morgan fingerprint density at radius 1 is 0.806 bits per heavy atom. The molecule has 0 unspecified atom stereocenters. The average Bonchev–Trinajstić information content (AvgIpc) is 3.35. The van der Waals surface area contributed by atoms with Crippen molar-refractivity contribution in [2.75, 3.05) is 31.1 Å². The standard InChI is InChI=1S/C29H31F2N5/c30-26-16-21(20-34-11-3-1-4-12-34)15-25(29(26)31)22-7-8-27-23(17-22)19-33-36(27)24-9-10-32-28(18-24)35-13-5-2-6-14-35/h7-10,15-19H,1-6,11-14,20H2. The van der Waals surface area contributed by atoms with E-state index in [-0.39, 0.29) is 0 Å². The molecule has 2 aliphatic rings. The fourth-order valence-corrected chi connectivity index (χ4v) is 5.56. The van der Waals surface area contributed by atoms with E-state index < -0.39 is 11.6 Å². The summed E-state index contributed by atoms with van der Waals surface area (Å²) in [5, 5.41) is 5.50. The number of fused-ring (bicyclic) bond motifs is 1. The molecule has 36 heavy (non-hydrogen) atoms. The van der Waals surface area contributed by atoms with Crippen LogP contribution in [0.4, 0.5) is 14.6 Å². The van der Waals surface area contributed by atoms with Gasteiger partial charge in [-0.25, -0.2) is 18.4 Å². The number of likely N-dealkylation sites (tertiary alicyclic amines) is 1. The van der Waals surface area contributed by atoms with Crippen LogP contribution >= 0.6 is 0 Å². The number of anilines is 1. The Labute approximate surface area is 210 Å². The monoisotopic (exact) mass is 487 g/mol. The molecule has 0 atom stereocenters. The molecular weight excluding hydrogens is 456 g/mol. The van der Waals surface area contributed by atoms with Crippen LogP contribution in [0.1, 0.15) is 44.1 Å². The van der Waals surface area contributed by atoms with E-state index >= 15 is 0 Å². The van der Waals surface area contributed by atoms with Crippen molar-refractivity contribution >= 4 is 16.7 Å². The number of piperidine rings is 2. The lowest BCUT2D eigenvalue weighted by Crippen LogP contribution is -2.30. The van der Waals surface area contributed by atoms with E-state index in [1.807, 2.05) is 35.1 Å². The zero-order valence-corrected chi connectivity index (χ0v) is 20.5. The van der Waals surface area contributed by atoms with Crippen LogP contribution in [0.5, 0.6) is 0 Å². The smallest absolute Gasteiger partial charge is 0.166 e. The molecule has 2 aromatic carbocycles. The molecule has 4 heterocycles. The molecule has 0 spiro atoms. The van der Waals surface area contributed by atoms with Gasteiger partial charge in [-0.3, -0.25) is 4.90 Å². The summed E-state index contributed by atoms with van der Waals surface area (Å²) >= 11 is 0. The van der Waals surface area contributed by atoms with Gasteiger partial charge in [0, 0.05) is 42.8 Å². The number of benzene rings is 2. The van der Waals surface area contributed by atoms with Gasteiger partial charge in [-0.2, -0.15) is 5.10 Å². The molecule has 2 aliphatic heterocycles. The van der Waals surface area contributed by atoms with Crippen molar-refractivity contribution in [2.45, 2.75) is 45.1 Å². The number of halogens is 2. The van der Waals surface area contributed by atoms with Gasteiger partial charge in [0.25, 0.3) is 0 Å². The summed E-state index contributed by atoms with van der Waals surface area (Å²) in [6.45, 7) is 4.71. The molecule has 0 aliphatic carbocycles. The lowest BCUT2D eigenvalue weighted by Gasteiger charge is -2.27. The van der Waals surface area contributed by atoms with Gasteiger partial charge in [-0.05, 0) is 86.7 Å². The molecule has 0 bridgehead atoms. The van der Waals surface area contributed by atoms with Gasteiger partial charge >= 0.3 is 0 Å². The maximum Gasteiger partial charge on any atom is 0.166 e. The third-order valence-electron chi connectivity index (χ3n) is 7.48. The molecule has 2 saturated heterocycles. The number of hydrogen-bond donors (Lipinski definition) is 0. The second-order valence-corrected chi connectivity index (χ2v) is 10.0. The number of hydrogen-bond acceptors (Lipinski definition) is 4.